The number of hydrogen-bond donors (Lipinski definition) is 0. The van der Waals surface area contributed by atoms with Gasteiger partial charge < -0.3 is 4.74 Å². The minimum Gasteiger partial charge on any atom is -0.461 e. The van der Waals surface area contributed by atoms with Gasteiger partial charge in [-0.25, -0.2) is 0 Å². The van der Waals surface area contributed by atoms with Crippen LogP contribution in [0.25, 0.3) is 0 Å². The van der Waals surface area contributed by atoms with E-state index >= 15 is 0 Å². The van der Waals surface area contributed by atoms with Crippen molar-refractivity contribution >= 4 is 35.0 Å². The third kappa shape index (κ3) is 2.38. The molecule has 4 atom stereocenters. The molecule has 0 aromatic carbocycles. The molecular weight excluding hydrogens is 343 g/mol. The fourth-order valence-corrected chi connectivity index (χ4v) is 4.13. The lowest BCUT2D eigenvalue weighted by Crippen LogP contribution is -2.36. The third-order valence-electron chi connectivity index (χ3n) is 4.67. The Morgan fingerprint density at radius 2 is 1.61 bits per heavy atom. The van der Waals surface area contributed by atoms with Crippen LogP contribution in [0.3, 0.4) is 0 Å². The molecule has 3 aliphatic rings. The zero-order valence-electron chi connectivity index (χ0n) is 11.9. The van der Waals surface area contributed by atoms with Crippen LogP contribution >= 0.6 is 23.2 Å². The van der Waals surface area contributed by atoms with Crippen LogP contribution in [0.2, 0.25) is 10.6 Å². The molecule has 1 aromatic heterocycles. The van der Waals surface area contributed by atoms with Gasteiger partial charge in [0.15, 0.2) is 0 Å². The number of rotatable bonds is 4. The Hall–Kier alpha value is -1.73. The average molecular weight is 355 g/mol. The van der Waals surface area contributed by atoms with E-state index in [9.17, 15) is 9.59 Å². The highest BCUT2D eigenvalue weighted by Crippen LogP contribution is 2.52. The molecule has 2 aliphatic carbocycles. The molecule has 2 fully saturated rings. The fourth-order valence-electron chi connectivity index (χ4n) is 3.79. The van der Waals surface area contributed by atoms with Crippen LogP contribution in [0.1, 0.15) is 6.42 Å². The number of fused-ring (bicyclic) bond motifs is 5. The van der Waals surface area contributed by atoms with Gasteiger partial charge >= 0.3 is 6.01 Å². The van der Waals surface area contributed by atoms with Gasteiger partial charge in [0.25, 0.3) is 0 Å². The van der Waals surface area contributed by atoms with Gasteiger partial charge in [-0.2, -0.15) is 15.0 Å². The number of likely N-dealkylation sites (tertiary alicyclic amines) is 1. The highest BCUT2D eigenvalue weighted by molar-refractivity contribution is 6.31. The van der Waals surface area contributed by atoms with E-state index in [4.69, 9.17) is 27.9 Å². The Labute approximate surface area is 141 Å². The first-order valence-electron chi connectivity index (χ1n) is 7.28. The van der Waals surface area contributed by atoms with Crippen molar-refractivity contribution in [2.24, 2.45) is 23.7 Å². The van der Waals surface area contributed by atoms with E-state index < -0.39 is 0 Å². The lowest BCUT2D eigenvalue weighted by molar-refractivity contribution is -0.141. The zero-order chi connectivity index (χ0) is 16.1. The standard InChI is InChI=1S/C14H12Cl2N4O3/c15-12-17-13(16)19-14(18-12)23-4-3-20-10(21)8-6-1-2-7(5-6)9(8)11(20)22/h1-2,6-9H,3-5H2/t6-,7?,8?,9?/m1/s1. The van der Waals surface area contributed by atoms with Crippen molar-refractivity contribution in [1.29, 1.82) is 0 Å². The van der Waals surface area contributed by atoms with Crippen molar-refractivity contribution < 1.29 is 14.3 Å². The summed E-state index contributed by atoms with van der Waals surface area (Å²) in [5, 5.41) is -0.156. The largest absolute Gasteiger partial charge is 0.461 e. The molecule has 3 unspecified atom stereocenters. The first-order valence-corrected chi connectivity index (χ1v) is 8.03. The van der Waals surface area contributed by atoms with Gasteiger partial charge in [0.2, 0.25) is 22.4 Å². The van der Waals surface area contributed by atoms with E-state index in [0.29, 0.717) is 0 Å². The Balaban J connectivity index is 1.40. The second-order valence-electron chi connectivity index (χ2n) is 5.83. The van der Waals surface area contributed by atoms with Crippen molar-refractivity contribution in [3.8, 4) is 6.01 Å². The lowest BCUT2D eigenvalue weighted by Gasteiger charge is -2.16. The maximum Gasteiger partial charge on any atom is 0.322 e. The van der Waals surface area contributed by atoms with Gasteiger partial charge in [0.1, 0.15) is 6.61 Å². The van der Waals surface area contributed by atoms with E-state index in [-0.39, 0.29) is 65.2 Å². The Morgan fingerprint density at radius 1 is 1.04 bits per heavy atom. The number of carbonyl (C=O) groups excluding carboxylic acids is 2. The number of hydrogen-bond acceptors (Lipinski definition) is 6. The molecule has 1 saturated heterocycles. The second kappa shape index (κ2) is 5.42. The van der Waals surface area contributed by atoms with Gasteiger partial charge in [-0.15, -0.1) is 0 Å². The number of ether oxygens (including phenoxy) is 1. The number of carbonyl (C=O) groups is 2. The van der Waals surface area contributed by atoms with Crippen molar-refractivity contribution in [2.45, 2.75) is 6.42 Å². The van der Waals surface area contributed by atoms with E-state index in [1.807, 2.05) is 0 Å². The van der Waals surface area contributed by atoms with Crippen LogP contribution in [0.5, 0.6) is 6.01 Å². The summed E-state index contributed by atoms with van der Waals surface area (Å²) >= 11 is 11.3. The van der Waals surface area contributed by atoms with E-state index in [1.54, 1.807) is 0 Å². The predicted octanol–water partition coefficient (Wildman–Crippen LogP) is 1.36. The summed E-state index contributed by atoms with van der Waals surface area (Å²) in [6.07, 6.45) is 5.04. The summed E-state index contributed by atoms with van der Waals surface area (Å²) in [7, 11) is 0. The Bertz CT molecular complexity index is 676. The predicted molar refractivity (Wildman–Crippen MR) is 79.8 cm³/mol. The van der Waals surface area contributed by atoms with Gasteiger partial charge in [0, 0.05) is 0 Å². The monoisotopic (exact) mass is 354 g/mol. The molecule has 2 amide bonds. The topological polar surface area (TPSA) is 85.3 Å². The van der Waals surface area contributed by atoms with Crippen LogP contribution in [0, 0.1) is 23.7 Å². The molecule has 1 aromatic rings. The number of aromatic nitrogens is 3. The molecule has 0 radical (unpaired) electrons. The Kier molecular flexibility index (Phi) is 3.50. The van der Waals surface area contributed by atoms with Crippen molar-refractivity contribution in [3.63, 3.8) is 0 Å². The SMILES string of the molecule is O=C1C2C3C=C[C@H](C3)C2C(=O)N1CCOc1nc(Cl)nc(Cl)n1. The van der Waals surface area contributed by atoms with Gasteiger partial charge in [-0.3, -0.25) is 14.5 Å². The summed E-state index contributed by atoms with van der Waals surface area (Å²) in [5.41, 5.74) is 0. The summed E-state index contributed by atoms with van der Waals surface area (Å²) in [6.45, 7) is 0.237. The van der Waals surface area contributed by atoms with Crippen molar-refractivity contribution in [2.75, 3.05) is 13.2 Å². The highest BCUT2D eigenvalue weighted by atomic mass is 35.5. The fraction of sp³-hybridized carbons (Fsp3) is 0.500. The third-order valence-corrected chi connectivity index (χ3v) is 5.01. The second-order valence-corrected chi connectivity index (χ2v) is 6.51. The molecule has 9 heteroatoms. The number of nitrogens with zero attached hydrogens (tertiary/aromatic N) is 4. The van der Waals surface area contributed by atoms with Crippen LogP contribution in [0.4, 0.5) is 0 Å². The smallest absolute Gasteiger partial charge is 0.322 e. The van der Waals surface area contributed by atoms with Crippen LogP contribution in [0.15, 0.2) is 12.2 Å². The van der Waals surface area contributed by atoms with Crippen LogP contribution < -0.4 is 4.74 Å². The minimum atomic E-state index is -0.196. The minimum absolute atomic E-state index is 0.0315. The van der Waals surface area contributed by atoms with Gasteiger partial charge in [-0.05, 0) is 41.5 Å². The number of imide groups is 1. The first kappa shape index (κ1) is 14.8. The number of amides is 2. The normalized spacial score (nSPS) is 31.1. The quantitative estimate of drug-likeness (QED) is 0.599. The summed E-state index contributed by atoms with van der Waals surface area (Å²) < 4.78 is 5.32. The van der Waals surface area contributed by atoms with E-state index in [1.165, 1.54) is 4.90 Å². The molecule has 1 saturated carbocycles. The summed E-state index contributed by atoms with van der Waals surface area (Å²) in [5.74, 6) is -0.196. The maximum atomic E-state index is 12.5. The van der Waals surface area contributed by atoms with Crippen molar-refractivity contribution in [3.05, 3.63) is 22.7 Å². The van der Waals surface area contributed by atoms with E-state index in [0.717, 1.165) is 6.42 Å². The average Bonchev–Trinajstić information content (AvgIpc) is 3.15. The molecule has 2 heterocycles. The molecule has 120 valence electrons. The van der Waals surface area contributed by atoms with E-state index in [2.05, 4.69) is 27.1 Å². The molecular formula is C14H12Cl2N4O3. The van der Waals surface area contributed by atoms with Gasteiger partial charge in [-0.1, -0.05) is 12.2 Å². The zero-order valence-corrected chi connectivity index (χ0v) is 13.4. The van der Waals surface area contributed by atoms with Crippen LogP contribution in [-0.2, 0) is 9.59 Å². The molecule has 23 heavy (non-hydrogen) atoms. The lowest BCUT2D eigenvalue weighted by atomic mass is 9.85. The number of allylic oxidation sites excluding steroid dienone is 2. The molecule has 4 rings (SSSR count). The number of halogens is 2. The molecule has 1 aliphatic heterocycles. The summed E-state index contributed by atoms with van der Waals surface area (Å²) in [4.78, 5) is 37.4. The van der Waals surface area contributed by atoms with Gasteiger partial charge in [0.05, 0.1) is 18.4 Å². The Morgan fingerprint density at radius 3 is 2.17 bits per heavy atom. The molecule has 2 bridgehead atoms. The summed E-state index contributed by atoms with van der Waals surface area (Å²) in [6, 6.07) is -0.0315. The molecule has 7 nitrogen and oxygen atoms in total. The van der Waals surface area contributed by atoms with Crippen LogP contribution in [-0.4, -0.2) is 44.8 Å². The maximum absolute atomic E-state index is 12.5. The highest BCUT2D eigenvalue weighted by Gasteiger charge is 2.58. The molecule has 0 spiro atoms. The first-order chi connectivity index (χ1) is 11.0. The molecule has 0 N–H and O–H groups in total. The van der Waals surface area contributed by atoms with Crippen molar-refractivity contribution in [1.82, 2.24) is 19.9 Å².